The van der Waals surface area contributed by atoms with Crippen molar-refractivity contribution < 1.29 is 0 Å². The molecule has 0 aliphatic rings. The van der Waals surface area contributed by atoms with Crippen molar-refractivity contribution in [2.75, 3.05) is 12.4 Å². The molecule has 1 N–H and O–H groups in total. The van der Waals surface area contributed by atoms with E-state index in [0.29, 0.717) is 0 Å². The van der Waals surface area contributed by atoms with E-state index in [9.17, 15) is 0 Å². The number of hydrogen-bond acceptors (Lipinski definition) is 1. The Bertz CT molecular complexity index is 241. The Morgan fingerprint density at radius 2 is 1.92 bits per heavy atom. The molecule has 1 aromatic rings. The molecule has 1 aromatic carbocycles. The molecule has 0 atom stereocenters. The molecule has 1 heteroatoms. The van der Waals surface area contributed by atoms with Crippen molar-refractivity contribution in [2.45, 2.75) is 20.3 Å². The lowest BCUT2D eigenvalue weighted by Gasteiger charge is -2.10. The van der Waals surface area contributed by atoms with Crippen LogP contribution in [0.3, 0.4) is 0 Å². The van der Waals surface area contributed by atoms with Crippen LogP contribution in [-0.2, 0) is 6.42 Å². The number of benzene rings is 1. The van der Waals surface area contributed by atoms with Gasteiger partial charge in [0.1, 0.15) is 0 Å². The first kappa shape index (κ1) is 9.11. The maximum Gasteiger partial charge on any atom is 0.0370 e. The van der Waals surface area contributed by atoms with Gasteiger partial charge in [0, 0.05) is 12.7 Å². The molecule has 0 amide bonds. The van der Waals surface area contributed by atoms with E-state index >= 15 is 0 Å². The third kappa shape index (κ3) is 2.26. The molecule has 0 heterocycles. The van der Waals surface area contributed by atoms with E-state index in [2.05, 4.69) is 43.4 Å². The zero-order chi connectivity index (χ0) is 8.97. The predicted molar refractivity (Wildman–Crippen MR) is 54.5 cm³/mol. The molecule has 0 bridgehead atoms. The number of nitrogens with one attached hydrogen (secondary N) is 1. The quantitative estimate of drug-likeness (QED) is 0.722. The van der Waals surface area contributed by atoms with Crippen molar-refractivity contribution in [1.29, 1.82) is 0 Å². The van der Waals surface area contributed by atoms with Gasteiger partial charge in [-0.05, 0) is 24.0 Å². The first-order chi connectivity index (χ1) is 5.74. The maximum atomic E-state index is 3.20. The summed E-state index contributed by atoms with van der Waals surface area (Å²) in [7, 11) is 1.97. The molecule has 0 aromatic heterocycles. The molecule has 0 saturated carbocycles. The Balaban J connectivity index is 2.82. The van der Waals surface area contributed by atoms with Crippen LogP contribution < -0.4 is 5.32 Å². The Morgan fingerprint density at radius 3 is 2.50 bits per heavy atom. The number of para-hydroxylation sites is 1. The van der Waals surface area contributed by atoms with Crippen LogP contribution in [0.25, 0.3) is 0 Å². The Labute approximate surface area is 74.8 Å². The average molecular weight is 163 g/mol. The second-order valence-electron chi connectivity index (χ2n) is 3.51. The van der Waals surface area contributed by atoms with Gasteiger partial charge in [0.15, 0.2) is 0 Å². The summed E-state index contributed by atoms with van der Waals surface area (Å²) in [6.45, 7) is 4.49. The minimum Gasteiger partial charge on any atom is -0.388 e. The largest absolute Gasteiger partial charge is 0.388 e. The van der Waals surface area contributed by atoms with Gasteiger partial charge in [-0.25, -0.2) is 0 Å². The summed E-state index contributed by atoms with van der Waals surface area (Å²) >= 11 is 0. The lowest BCUT2D eigenvalue weighted by atomic mass is 10.0. The summed E-state index contributed by atoms with van der Waals surface area (Å²) in [6.07, 6.45) is 1.15. The van der Waals surface area contributed by atoms with Crippen molar-refractivity contribution in [1.82, 2.24) is 0 Å². The zero-order valence-corrected chi connectivity index (χ0v) is 8.09. The highest BCUT2D eigenvalue weighted by Crippen LogP contribution is 2.17. The Kier molecular flexibility index (Phi) is 3.15. The van der Waals surface area contributed by atoms with E-state index in [1.807, 2.05) is 7.05 Å². The standard InChI is InChI=1S/C11H17N/c1-9(2)8-10-6-4-5-7-11(10)12-3/h4-7,9,12H,8H2,1-3H3. The molecule has 0 aliphatic carbocycles. The fourth-order valence-corrected chi connectivity index (χ4v) is 1.38. The van der Waals surface area contributed by atoms with Gasteiger partial charge in [-0.15, -0.1) is 0 Å². The predicted octanol–water partition coefficient (Wildman–Crippen LogP) is 2.93. The molecule has 0 radical (unpaired) electrons. The van der Waals surface area contributed by atoms with Crippen LogP contribution in [0.5, 0.6) is 0 Å². The smallest absolute Gasteiger partial charge is 0.0370 e. The average Bonchev–Trinajstić information content (AvgIpc) is 2.04. The van der Waals surface area contributed by atoms with Crippen molar-refractivity contribution in [2.24, 2.45) is 5.92 Å². The molecule has 66 valence electrons. The fourth-order valence-electron chi connectivity index (χ4n) is 1.38. The molecule has 1 nitrogen and oxygen atoms in total. The molecule has 12 heavy (non-hydrogen) atoms. The summed E-state index contributed by atoms with van der Waals surface area (Å²) in [5.41, 5.74) is 2.67. The van der Waals surface area contributed by atoms with Crippen LogP contribution >= 0.6 is 0 Å². The van der Waals surface area contributed by atoms with Gasteiger partial charge in [-0.3, -0.25) is 0 Å². The highest BCUT2D eigenvalue weighted by atomic mass is 14.8. The second kappa shape index (κ2) is 4.15. The topological polar surface area (TPSA) is 12.0 Å². The van der Waals surface area contributed by atoms with Crippen molar-refractivity contribution in [3.05, 3.63) is 29.8 Å². The molecule has 0 unspecified atom stereocenters. The summed E-state index contributed by atoms with van der Waals surface area (Å²) in [6, 6.07) is 8.47. The first-order valence-corrected chi connectivity index (χ1v) is 4.49. The fraction of sp³-hybridized carbons (Fsp3) is 0.455. The molecule has 0 spiro atoms. The highest BCUT2D eigenvalue weighted by Gasteiger charge is 2.01. The maximum absolute atomic E-state index is 3.20. The molecular weight excluding hydrogens is 146 g/mol. The third-order valence-corrected chi connectivity index (χ3v) is 1.91. The monoisotopic (exact) mass is 163 g/mol. The minimum absolute atomic E-state index is 0.722. The Hall–Kier alpha value is -0.980. The second-order valence-corrected chi connectivity index (χ2v) is 3.51. The van der Waals surface area contributed by atoms with E-state index in [-0.39, 0.29) is 0 Å². The van der Waals surface area contributed by atoms with Gasteiger partial charge in [-0.1, -0.05) is 32.0 Å². The van der Waals surface area contributed by atoms with E-state index in [1.54, 1.807) is 0 Å². The summed E-state index contributed by atoms with van der Waals surface area (Å²) in [5.74, 6) is 0.722. The SMILES string of the molecule is CNc1ccccc1CC(C)C. The summed E-state index contributed by atoms with van der Waals surface area (Å²) < 4.78 is 0. The molecule has 0 aliphatic heterocycles. The van der Waals surface area contributed by atoms with Gasteiger partial charge in [-0.2, -0.15) is 0 Å². The molecule has 1 rings (SSSR count). The van der Waals surface area contributed by atoms with Crippen molar-refractivity contribution in [3.63, 3.8) is 0 Å². The molecule has 0 fully saturated rings. The molecule has 0 saturated heterocycles. The lowest BCUT2D eigenvalue weighted by molar-refractivity contribution is 0.648. The number of anilines is 1. The van der Waals surface area contributed by atoms with Gasteiger partial charge in [0.25, 0.3) is 0 Å². The summed E-state index contributed by atoms with van der Waals surface area (Å²) in [5, 5.41) is 3.20. The first-order valence-electron chi connectivity index (χ1n) is 4.49. The van der Waals surface area contributed by atoms with E-state index in [4.69, 9.17) is 0 Å². The lowest BCUT2D eigenvalue weighted by Crippen LogP contribution is -1.99. The van der Waals surface area contributed by atoms with Crippen molar-refractivity contribution >= 4 is 5.69 Å². The highest BCUT2D eigenvalue weighted by molar-refractivity contribution is 5.50. The third-order valence-electron chi connectivity index (χ3n) is 1.91. The number of hydrogen-bond donors (Lipinski definition) is 1. The van der Waals surface area contributed by atoms with Gasteiger partial charge in [0.2, 0.25) is 0 Å². The van der Waals surface area contributed by atoms with Crippen LogP contribution in [0, 0.1) is 5.92 Å². The van der Waals surface area contributed by atoms with E-state index < -0.39 is 0 Å². The van der Waals surface area contributed by atoms with Crippen LogP contribution in [0.1, 0.15) is 19.4 Å². The van der Waals surface area contributed by atoms with E-state index in [1.165, 1.54) is 11.3 Å². The molecular formula is C11H17N. The number of rotatable bonds is 3. The van der Waals surface area contributed by atoms with Gasteiger partial charge >= 0.3 is 0 Å². The van der Waals surface area contributed by atoms with E-state index in [0.717, 1.165) is 12.3 Å². The van der Waals surface area contributed by atoms with Crippen LogP contribution in [0.15, 0.2) is 24.3 Å². The van der Waals surface area contributed by atoms with Gasteiger partial charge in [0.05, 0.1) is 0 Å². The summed E-state index contributed by atoms with van der Waals surface area (Å²) in [4.78, 5) is 0. The zero-order valence-electron chi connectivity index (χ0n) is 8.09. The van der Waals surface area contributed by atoms with Gasteiger partial charge < -0.3 is 5.32 Å². The van der Waals surface area contributed by atoms with Crippen LogP contribution in [0.4, 0.5) is 5.69 Å². The minimum atomic E-state index is 0.722. The van der Waals surface area contributed by atoms with Crippen LogP contribution in [-0.4, -0.2) is 7.05 Å². The van der Waals surface area contributed by atoms with Crippen LogP contribution in [0.2, 0.25) is 0 Å². The normalized spacial score (nSPS) is 10.3. The van der Waals surface area contributed by atoms with Crippen molar-refractivity contribution in [3.8, 4) is 0 Å². The Morgan fingerprint density at radius 1 is 1.25 bits per heavy atom.